The number of carbonyl (C=O) groups excluding carboxylic acids is 2. The van der Waals surface area contributed by atoms with Crippen molar-refractivity contribution in [1.82, 2.24) is 20.0 Å². The van der Waals surface area contributed by atoms with Crippen LogP contribution in [-0.4, -0.2) is 78.5 Å². The Morgan fingerprint density at radius 2 is 1.62 bits per heavy atom. The number of rotatable bonds is 3. The minimum atomic E-state index is 0.0572. The van der Waals surface area contributed by atoms with Gasteiger partial charge in [-0.2, -0.15) is 0 Å². The van der Waals surface area contributed by atoms with Crippen molar-refractivity contribution in [1.29, 1.82) is 0 Å². The predicted octanol–water partition coefficient (Wildman–Crippen LogP) is 1.51. The molecule has 3 rings (SSSR count). The SMILES string of the molecule is CCN1CCN(C(=O)N[C@H]2CC[C@@H](C(=O)N3CCCCC3)C2)CC1. The summed E-state index contributed by atoms with van der Waals surface area (Å²) in [7, 11) is 0. The van der Waals surface area contributed by atoms with Gasteiger partial charge in [-0.05, 0) is 45.1 Å². The second kappa shape index (κ2) is 8.19. The van der Waals surface area contributed by atoms with Gasteiger partial charge in [-0.25, -0.2) is 4.79 Å². The van der Waals surface area contributed by atoms with Crippen LogP contribution in [0.15, 0.2) is 0 Å². The lowest BCUT2D eigenvalue weighted by atomic mass is 10.0. The van der Waals surface area contributed by atoms with E-state index >= 15 is 0 Å². The third-order valence-electron chi connectivity index (χ3n) is 5.88. The molecule has 2 saturated heterocycles. The Kier molecular flexibility index (Phi) is 5.98. The van der Waals surface area contributed by atoms with Crippen LogP contribution in [0.4, 0.5) is 4.79 Å². The molecule has 0 radical (unpaired) electrons. The van der Waals surface area contributed by atoms with Gasteiger partial charge in [0.25, 0.3) is 0 Å². The van der Waals surface area contributed by atoms with Crippen molar-refractivity contribution in [3.8, 4) is 0 Å². The Labute approximate surface area is 145 Å². The number of urea groups is 1. The molecule has 0 aromatic rings. The summed E-state index contributed by atoms with van der Waals surface area (Å²) in [6, 6.07) is 0.224. The molecular formula is C18H32N4O2. The van der Waals surface area contributed by atoms with Crippen LogP contribution in [0.5, 0.6) is 0 Å². The zero-order chi connectivity index (χ0) is 16.9. The third-order valence-corrected chi connectivity index (χ3v) is 5.88. The Morgan fingerprint density at radius 1 is 0.917 bits per heavy atom. The molecule has 0 unspecified atom stereocenters. The molecule has 2 atom stereocenters. The lowest BCUT2D eigenvalue weighted by Crippen LogP contribution is -2.53. The molecule has 2 heterocycles. The van der Waals surface area contributed by atoms with E-state index in [0.717, 1.165) is 77.9 Å². The minimum Gasteiger partial charge on any atom is -0.342 e. The number of likely N-dealkylation sites (N-methyl/N-ethyl adjacent to an activating group) is 1. The van der Waals surface area contributed by atoms with Crippen molar-refractivity contribution >= 4 is 11.9 Å². The van der Waals surface area contributed by atoms with E-state index in [1.54, 1.807) is 0 Å². The van der Waals surface area contributed by atoms with Crippen molar-refractivity contribution in [2.24, 2.45) is 5.92 Å². The number of piperazine rings is 1. The van der Waals surface area contributed by atoms with E-state index in [9.17, 15) is 9.59 Å². The monoisotopic (exact) mass is 336 g/mol. The molecule has 0 bridgehead atoms. The van der Waals surface area contributed by atoms with Gasteiger partial charge >= 0.3 is 6.03 Å². The molecular weight excluding hydrogens is 304 g/mol. The molecule has 1 N–H and O–H groups in total. The first kappa shape index (κ1) is 17.5. The van der Waals surface area contributed by atoms with Crippen LogP contribution in [0.25, 0.3) is 0 Å². The van der Waals surface area contributed by atoms with Crippen molar-refractivity contribution in [3.63, 3.8) is 0 Å². The van der Waals surface area contributed by atoms with E-state index in [1.807, 2.05) is 9.80 Å². The minimum absolute atomic E-state index is 0.0572. The average Bonchev–Trinajstić information content (AvgIpc) is 3.10. The quantitative estimate of drug-likeness (QED) is 0.850. The number of likely N-dealkylation sites (tertiary alicyclic amines) is 1. The highest BCUT2D eigenvalue weighted by Crippen LogP contribution is 2.28. The molecule has 0 spiro atoms. The fourth-order valence-corrected chi connectivity index (χ4v) is 4.24. The van der Waals surface area contributed by atoms with Crippen molar-refractivity contribution in [3.05, 3.63) is 0 Å². The van der Waals surface area contributed by atoms with Crippen molar-refractivity contribution < 1.29 is 9.59 Å². The lowest BCUT2D eigenvalue weighted by Gasteiger charge is -2.34. The Bertz CT molecular complexity index is 442. The van der Waals surface area contributed by atoms with Crippen LogP contribution in [-0.2, 0) is 4.79 Å². The maximum Gasteiger partial charge on any atom is 0.317 e. The van der Waals surface area contributed by atoms with E-state index in [2.05, 4.69) is 17.1 Å². The number of hydrogen-bond donors (Lipinski definition) is 1. The van der Waals surface area contributed by atoms with Gasteiger partial charge in [0.2, 0.25) is 5.91 Å². The maximum absolute atomic E-state index is 12.6. The standard InChI is InChI=1S/C18H32N4O2/c1-2-20-10-12-22(13-11-20)18(24)19-16-7-6-15(14-16)17(23)21-8-4-3-5-9-21/h15-16H,2-14H2,1H3,(H,19,24)/t15-,16+/m1/s1. The molecule has 24 heavy (non-hydrogen) atoms. The molecule has 0 aromatic carbocycles. The second-order valence-electron chi connectivity index (χ2n) is 7.46. The summed E-state index contributed by atoms with van der Waals surface area (Å²) < 4.78 is 0. The van der Waals surface area contributed by atoms with Crippen LogP contribution in [0, 0.1) is 5.92 Å². The first-order valence-electron chi connectivity index (χ1n) is 9.74. The molecule has 3 aliphatic rings. The normalized spacial score (nSPS) is 28.9. The summed E-state index contributed by atoms with van der Waals surface area (Å²) in [6.07, 6.45) is 6.20. The third kappa shape index (κ3) is 4.21. The van der Waals surface area contributed by atoms with Gasteiger partial charge in [-0.3, -0.25) is 4.79 Å². The first-order valence-corrected chi connectivity index (χ1v) is 9.74. The van der Waals surface area contributed by atoms with Crippen LogP contribution in [0.1, 0.15) is 45.4 Å². The largest absolute Gasteiger partial charge is 0.342 e. The molecule has 136 valence electrons. The van der Waals surface area contributed by atoms with Crippen molar-refractivity contribution in [2.75, 3.05) is 45.8 Å². The zero-order valence-corrected chi connectivity index (χ0v) is 15.0. The molecule has 3 fully saturated rings. The smallest absolute Gasteiger partial charge is 0.317 e. The van der Waals surface area contributed by atoms with Crippen LogP contribution >= 0.6 is 0 Å². The second-order valence-corrected chi connectivity index (χ2v) is 7.46. The summed E-state index contributed by atoms with van der Waals surface area (Å²) in [5.41, 5.74) is 0. The lowest BCUT2D eigenvalue weighted by molar-refractivity contribution is -0.136. The average molecular weight is 336 g/mol. The highest BCUT2D eigenvalue weighted by molar-refractivity contribution is 5.80. The van der Waals surface area contributed by atoms with E-state index in [0.29, 0.717) is 5.91 Å². The predicted molar refractivity (Wildman–Crippen MR) is 93.8 cm³/mol. The Morgan fingerprint density at radius 3 is 2.29 bits per heavy atom. The molecule has 6 heteroatoms. The molecule has 6 nitrogen and oxygen atoms in total. The first-order chi connectivity index (χ1) is 11.7. The van der Waals surface area contributed by atoms with Gasteiger partial charge in [-0.15, -0.1) is 0 Å². The highest BCUT2D eigenvalue weighted by atomic mass is 16.2. The van der Waals surface area contributed by atoms with Gasteiger partial charge in [0.15, 0.2) is 0 Å². The van der Waals surface area contributed by atoms with Gasteiger partial charge in [0.1, 0.15) is 0 Å². The van der Waals surface area contributed by atoms with E-state index < -0.39 is 0 Å². The highest BCUT2D eigenvalue weighted by Gasteiger charge is 2.34. The fourth-order valence-electron chi connectivity index (χ4n) is 4.24. The van der Waals surface area contributed by atoms with Gasteiger partial charge < -0.3 is 20.0 Å². The molecule has 3 amide bonds. The van der Waals surface area contributed by atoms with Gasteiger partial charge in [0, 0.05) is 51.2 Å². The topological polar surface area (TPSA) is 55.9 Å². The van der Waals surface area contributed by atoms with Crippen LogP contribution in [0.2, 0.25) is 0 Å². The van der Waals surface area contributed by atoms with Gasteiger partial charge in [-0.1, -0.05) is 6.92 Å². The van der Waals surface area contributed by atoms with Crippen LogP contribution in [0.3, 0.4) is 0 Å². The van der Waals surface area contributed by atoms with Crippen LogP contribution < -0.4 is 5.32 Å². The number of carbonyl (C=O) groups is 2. The summed E-state index contributed by atoms with van der Waals surface area (Å²) in [5, 5.41) is 3.17. The molecule has 1 aliphatic carbocycles. The van der Waals surface area contributed by atoms with E-state index in [4.69, 9.17) is 0 Å². The zero-order valence-electron chi connectivity index (χ0n) is 15.0. The van der Waals surface area contributed by atoms with E-state index in [-0.39, 0.29) is 18.0 Å². The Balaban J connectivity index is 1.42. The summed E-state index contributed by atoms with van der Waals surface area (Å²) in [5.74, 6) is 0.438. The van der Waals surface area contributed by atoms with Crippen molar-refractivity contribution in [2.45, 2.75) is 51.5 Å². The summed E-state index contributed by atoms with van der Waals surface area (Å²) in [6.45, 7) is 8.61. The summed E-state index contributed by atoms with van der Waals surface area (Å²) >= 11 is 0. The Hall–Kier alpha value is -1.30. The number of nitrogens with one attached hydrogen (secondary N) is 1. The van der Waals surface area contributed by atoms with E-state index in [1.165, 1.54) is 6.42 Å². The molecule has 2 aliphatic heterocycles. The fraction of sp³-hybridized carbons (Fsp3) is 0.889. The number of hydrogen-bond acceptors (Lipinski definition) is 3. The molecule has 0 aromatic heterocycles. The maximum atomic E-state index is 12.6. The number of piperidine rings is 1. The summed E-state index contributed by atoms with van der Waals surface area (Å²) in [4.78, 5) is 31.4. The van der Waals surface area contributed by atoms with Gasteiger partial charge in [0.05, 0.1) is 0 Å². The number of nitrogens with zero attached hydrogens (tertiary/aromatic N) is 3. The number of amides is 3. The molecule has 1 saturated carbocycles.